The first-order valence-electron chi connectivity index (χ1n) is 6.85. The van der Waals surface area contributed by atoms with Crippen LogP contribution in [0.2, 0.25) is 0 Å². The SMILES string of the molecule is COCCNCC1CCc2nc(CSC)ncc2C1. The molecule has 1 N–H and O–H groups in total. The van der Waals surface area contributed by atoms with E-state index in [1.165, 1.54) is 17.7 Å². The van der Waals surface area contributed by atoms with Crippen molar-refractivity contribution in [1.29, 1.82) is 0 Å². The van der Waals surface area contributed by atoms with Crippen molar-refractivity contribution in [2.24, 2.45) is 5.92 Å². The zero-order chi connectivity index (χ0) is 13.5. The Morgan fingerprint density at radius 3 is 3.21 bits per heavy atom. The average molecular weight is 281 g/mol. The third kappa shape index (κ3) is 4.44. The molecular formula is C14H23N3OS. The van der Waals surface area contributed by atoms with Crippen LogP contribution in [-0.2, 0) is 23.3 Å². The highest BCUT2D eigenvalue weighted by Gasteiger charge is 2.20. The van der Waals surface area contributed by atoms with Gasteiger partial charge in [-0.25, -0.2) is 9.97 Å². The number of ether oxygens (including phenoxy) is 1. The first-order valence-corrected chi connectivity index (χ1v) is 8.25. The molecule has 1 aliphatic rings. The monoisotopic (exact) mass is 281 g/mol. The number of aryl methyl sites for hydroxylation is 1. The lowest BCUT2D eigenvalue weighted by Crippen LogP contribution is -2.30. The maximum Gasteiger partial charge on any atom is 0.138 e. The molecule has 5 heteroatoms. The van der Waals surface area contributed by atoms with Gasteiger partial charge in [0.05, 0.1) is 12.4 Å². The minimum absolute atomic E-state index is 0.708. The number of thioether (sulfide) groups is 1. The van der Waals surface area contributed by atoms with E-state index in [0.717, 1.165) is 44.1 Å². The summed E-state index contributed by atoms with van der Waals surface area (Å²) < 4.78 is 5.04. The molecule has 1 aliphatic carbocycles. The van der Waals surface area contributed by atoms with Gasteiger partial charge in [0.25, 0.3) is 0 Å². The molecule has 1 unspecified atom stereocenters. The summed E-state index contributed by atoms with van der Waals surface area (Å²) >= 11 is 1.77. The Kier molecular flexibility index (Phi) is 6.07. The fraction of sp³-hybridized carbons (Fsp3) is 0.714. The molecule has 4 nitrogen and oxygen atoms in total. The Morgan fingerprint density at radius 2 is 2.42 bits per heavy atom. The second kappa shape index (κ2) is 7.82. The predicted octanol–water partition coefficient (Wildman–Crippen LogP) is 1.68. The van der Waals surface area contributed by atoms with Gasteiger partial charge < -0.3 is 10.1 Å². The summed E-state index contributed by atoms with van der Waals surface area (Å²) in [5.74, 6) is 2.59. The molecule has 19 heavy (non-hydrogen) atoms. The maximum atomic E-state index is 5.04. The van der Waals surface area contributed by atoms with Gasteiger partial charge in [0.15, 0.2) is 0 Å². The number of fused-ring (bicyclic) bond motifs is 1. The van der Waals surface area contributed by atoms with Crippen molar-refractivity contribution in [3.8, 4) is 0 Å². The molecule has 0 amide bonds. The number of nitrogens with one attached hydrogen (secondary N) is 1. The van der Waals surface area contributed by atoms with Gasteiger partial charge >= 0.3 is 0 Å². The predicted molar refractivity (Wildman–Crippen MR) is 79.5 cm³/mol. The quantitative estimate of drug-likeness (QED) is 0.771. The van der Waals surface area contributed by atoms with Gasteiger partial charge in [-0.1, -0.05) is 0 Å². The van der Waals surface area contributed by atoms with Crippen molar-refractivity contribution in [2.75, 3.05) is 33.1 Å². The van der Waals surface area contributed by atoms with Gasteiger partial charge in [-0.3, -0.25) is 0 Å². The molecule has 0 aromatic carbocycles. The highest BCUT2D eigenvalue weighted by Crippen LogP contribution is 2.23. The Labute approximate surface area is 119 Å². The third-order valence-electron chi connectivity index (χ3n) is 3.49. The van der Waals surface area contributed by atoms with E-state index in [1.54, 1.807) is 18.9 Å². The van der Waals surface area contributed by atoms with Crippen molar-refractivity contribution in [3.63, 3.8) is 0 Å². The summed E-state index contributed by atoms with van der Waals surface area (Å²) in [5, 5.41) is 3.45. The molecule has 0 aliphatic heterocycles. The largest absolute Gasteiger partial charge is 0.383 e. The van der Waals surface area contributed by atoms with Crippen LogP contribution in [0, 0.1) is 5.92 Å². The Hall–Kier alpha value is -0.650. The Balaban J connectivity index is 1.86. The molecule has 0 saturated carbocycles. The summed E-state index contributed by atoms with van der Waals surface area (Å²) in [6.07, 6.45) is 7.55. The molecule has 2 rings (SSSR count). The topological polar surface area (TPSA) is 47.0 Å². The summed E-state index contributed by atoms with van der Waals surface area (Å²) in [5.41, 5.74) is 2.61. The maximum absolute atomic E-state index is 5.04. The van der Waals surface area contributed by atoms with Crippen molar-refractivity contribution in [1.82, 2.24) is 15.3 Å². The highest BCUT2D eigenvalue weighted by molar-refractivity contribution is 7.97. The van der Waals surface area contributed by atoms with Crippen LogP contribution in [-0.4, -0.2) is 43.0 Å². The van der Waals surface area contributed by atoms with E-state index in [-0.39, 0.29) is 0 Å². The zero-order valence-corrected chi connectivity index (χ0v) is 12.6. The smallest absolute Gasteiger partial charge is 0.138 e. The van der Waals surface area contributed by atoms with E-state index in [2.05, 4.69) is 21.5 Å². The molecule has 0 spiro atoms. The van der Waals surface area contributed by atoms with Gasteiger partial charge in [-0.2, -0.15) is 11.8 Å². The fourth-order valence-corrected chi connectivity index (χ4v) is 2.87. The number of nitrogens with zero attached hydrogens (tertiary/aromatic N) is 2. The summed E-state index contributed by atoms with van der Waals surface area (Å²) in [6, 6.07) is 0. The van der Waals surface area contributed by atoms with E-state index in [4.69, 9.17) is 4.74 Å². The molecule has 1 aromatic heterocycles. The van der Waals surface area contributed by atoms with E-state index in [9.17, 15) is 0 Å². The van der Waals surface area contributed by atoms with E-state index >= 15 is 0 Å². The molecule has 1 aromatic rings. The molecule has 106 valence electrons. The molecule has 0 bridgehead atoms. The van der Waals surface area contributed by atoms with Gasteiger partial charge in [-0.15, -0.1) is 0 Å². The number of hydrogen-bond donors (Lipinski definition) is 1. The Bertz CT molecular complexity index is 400. The van der Waals surface area contributed by atoms with Crippen molar-refractivity contribution >= 4 is 11.8 Å². The van der Waals surface area contributed by atoms with Crippen LogP contribution in [0.5, 0.6) is 0 Å². The minimum Gasteiger partial charge on any atom is -0.383 e. The van der Waals surface area contributed by atoms with Gasteiger partial charge in [0.1, 0.15) is 5.82 Å². The summed E-state index contributed by atoms with van der Waals surface area (Å²) in [7, 11) is 1.74. The van der Waals surface area contributed by atoms with Crippen LogP contribution in [0.3, 0.4) is 0 Å². The van der Waals surface area contributed by atoms with Crippen LogP contribution < -0.4 is 5.32 Å². The summed E-state index contributed by atoms with van der Waals surface area (Å²) in [4.78, 5) is 9.13. The van der Waals surface area contributed by atoms with Crippen LogP contribution in [0.1, 0.15) is 23.5 Å². The minimum atomic E-state index is 0.708. The van der Waals surface area contributed by atoms with Gasteiger partial charge in [-0.05, 0) is 43.5 Å². The normalized spacial score (nSPS) is 18.3. The highest BCUT2D eigenvalue weighted by atomic mass is 32.2. The third-order valence-corrected chi connectivity index (χ3v) is 4.04. The second-order valence-corrected chi connectivity index (χ2v) is 5.86. The van der Waals surface area contributed by atoms with Crippen LogP contribution in [0.4, 0.5) is 0 Å². The lowest BCUT2D eigenvalue weighted by molar-refractivity contribution is 0.197. The molecule has 0 fully saturated rings. The standard InChI is InChI=1S/C14H23N3OS/c1-18-6-5-15-8-11-3-4-13-12(7-11)9-16-14(17-13)10-19-2/h9,11,15H,3-8,10H2,1-2H3. The lowest BCUT2D eigenvalue weighted by Gasteiger charge is -2.24. The number of aromatic nitrogens is 2. The lowest BCUT2D eigenvalue weighted by atomic mass is 9.87. The van der Waals surface area contributed by atoms with Crippen molar-refractivity contribution in [3.05, 3.63) is 23.3 Å². The second-order valence-electron chi connectivity index (χ2n) is 5.00. The molecule has 1 atom stereocenters. The van der Waals surface area contributed by atoms with E-state index < -0.39 is 0 Å². The first kappa shape index (κ1) is 14.8. The van der Waals surface area contributed by atoms with E-state index in [0.29, 0.717) is 5.92 Å². The van der Waals surface area contributed by atoms with Crippen LogP contribution in [0.15, 0.2) is 6.20 Å². The average Bonchev–Trinajstić information content (AvgIpc) is 2.44. The molecule has 1 heterocycles. The Morgan fingerprint density at radius 1 is 1.53 bits per heavy atom. The van der Waals surface area contributed by atoms with Crippen molar-refractivity contribution < 1.29 is 4.74 Å². The molecular weight excluding hydrogens is 258 g/mol. The number of methoxy groups -OCH3 is 1. The molecule has 0 saturated heterocycles. The van der Waals surface area contributed by atoms with Crippen LogP contribution in [0.25, 0.3) is 0 Å². The fourth-order valence-electron chi connectivity index (χ4n) is 2.48. The van der Waals surface area contributed by atoms with Crippen LogP contribution >= 0.6 is 11.8 Å². The zero-order valence-electron chi connectivity index (χ0n) is 11.8. The van der Waals surface area contributed by atoms with Gasteiger partial charge in [0.2, 0.25) is 0 Å². The summed E-state index contributed by atoms with van der Waals surface area (Å²) in [6.45, 7) is 2.78. The van der Waals surface area contributed by atoms with Gasteiger partial charge in [0, 0.05) is 25.5 Å². The van der Waals surface area contributed by atoms with Crippen molar-refractivity contribution in [2.45, 2.75) is 25.0 Å². The number of hydrogen-bond acceptors (Lipinski definition) is 5. The number of rotatable bonds is 7. The molecule has 0 radical (unpaired) electrons. The van der Waals surface area contributed by atoms with E-state index in [1.807, 2.05) is 6.20 Å². The first-order chi connectivity index (χ1) is 9.33.